The van der Waals surface area contributed by atoms with Crippen LogP contribution in [0, 0.1) is 6.92 Å². The zero-order chi connectivity index (χ0) is 21.4. The molecule has 156 valence electrons. The van der Waals surface area contributed by atoms with Gasteiger partial charge in [0.2, 0.25) is 10.0 Å². The average molecular weight is 447 g/mol. The van der Waals surface area contributed by atoms with E-state index in [4.69, 9.17) is 11.6 Å². The molecule has 0 spiro atoms. The number of hydrogen-bond donors (Lipinski definition) is 1. The highest BCUT2D eigenvalue weighted by atomic mass is 35.5. The van der Waals surface area contributed by atoms with Crippen molar-refractivity contribution in [1.82, 2.24) is 0 Å². The Morgan fingerprint density at radius 1 is 1.14 bits per heavy atom. The van der Waals surface area contributed by atoms with E-state index in [9.17, 15) is 26.4 Å². The predicted molar refractivity (Wildman–Crippen MR) is 106 cm³/mol. The smallest absolute Gasteiger partial charge is 0.322 e. The van der Waals surface area contributed by atoms with Gasteiger partial charge in [-0.15, -0.1) is 0 Å². The van der Waals surface area contributed by atoms with Gasteiger partial charge >= 0.3 is 6.18 Å². The number of aryl methyl sites for hydroxylation is 1. The first-order valence-corrected chi connectivity index (χ1v) is 10.8. The van der Waals surface area contributed by atoms with Crippen molar-refractivity contribution in [2.45, 2.75) is 25.9 Å². The summed E-state index contributed by atoms with van der Waals surface area (Å²) < 4.78 is 65.1. The molecular weight excluding hydrogens is 429 g/mol. The molecule has 10 heteroatoms. The van der Waals surface area contributed by atoms with E-state index in [2.05, 4.69) is 5.32 Å². The van der Waals surface area contributed by atoms with Crippen LogP contribution in [0.25, 0.3) is 0 Å². The summed E-state index contributed by atoms with van der Waals surface area (Å²) in [7, 11) is -3.47. The van der Waals surface area contributed by atoms with Gasteiger partial charge in [-0.2, -0.15) is 13.2 Å². The van der Waals surface area contributed by atoms with Crippen molar-refractivity contribution in [1.29, 1.82) is 0 Å². The van der Waals surface area contributed by atoms with Gasteiger partial charge in [0.05, 0.1) is 22.0 Å². The van der Waals surface area contributed by atoms with Gasteiger partial charge in [-0.25, -0.2) is 8.42 Å². The molecule has 0 saturated carbocycles. The lowest BCUT2D eigenvalue weighted by Gasteiger charge is -2.29. The molecule has 5 nitrogen and oxygen atoms in total. The Balaban J connectivity index is 1.89. The molecule has 0 unspecified atom stereocenters. The Morgan fingerprint density at radius 2 is 1.86 bits per heavy atom. The molecule has 1 N–H and O–H groups in total. The summed E-state index contributed by atoms with van der Waals surface area (Å²) in [6.07, 6.45) is -3.37. The summed E-state index contributed by atoms with van der Waals surface area (Å²) in [5.74, 6) is -0.621. The first kappa shape index (κ1) is 21.4. The molecule has 2 aromatic carbocycles. The first-order valence-electron chi connectivity index (χ1n) is 8.78. The summed E-state index contributed by atoms with van der Waals surface area (Å²) in [6.45, 7) is 2.05. The van der Waals surface area contributed by atoms with E-state index in [1.807, 2.05) is 0 Å². The number of hydrogen-bond acceptors (Lipinski definition) is 3. The second kappa shape index (κ2) is 7.87. The van der Waals surface area contributed by atoms with Crippen molar-refractivity contribution < 1.29 is 26.4 Å². The fourth-order valence-electron chi connectivity index (χ4n) is 3.10. The summed E-state index contributed by atoms with van der Waals surface area (Å²) >= 11 is 5.59. The number of nitrogens with one attached hydrogen (secondary N) is 1. The van der Waals surface area contributed by atoms with Gasteiger partial charge in [-0.3, -0.25) is 9.10 Å². The lowest BCUT2D eigenvalue weighted by molar-refractivity contribution is -0.137. The molecule has 29 heavy (non-hydrogen) atoms. The molecule has 0 radical (unpaired) electrons. The number of sulfonamides is 1. The van der Waals surface area contributed by atoms with Crippen molar-refractivity contribution in [3.8, 4) is 0 Å². The lowest BCUT2D eigenvalue weighted by atomic mass is 10.1. The highest BCUT2D eigenvalue weighted by Gasteiger charge is 2.33. The molecule has 0 aliphatic carbocycles. The van der Waals surface area contributed by atoms with Crippen LogP contribution in [0.15, 0.2) is 36.4 Å². The van der Waals surface area contributed by atoms with Crippen LogP contribution in [0.1, 0.15) is 34.3 Å². The van der Waals surface area contributed by atoms with Crippen LogP contribution in [-0.4, -0.2) is 26.6 Å². The summed E-state index contributed by atoms with van der Waals surface area (Å²) in [4.78, 5) is 12.6. The van der Waals surface area contributed by atoms with Crippen molar-refractivity contribution >= 4 is 38.9 Å². The van der Waals surface area contributed by atoms with E-state index in [1.165, 1.54) is 22.5 Å². The Morgan fingerprint density at radius 3 is 2.52 bits per heavy atom. The highest BCUT2D eigenvalue weighted by molar-refractivity contribution is 7.92. The number of alkyl halides is 3. The number of carbonyl (C=O) groups excluding carboxylic acids is 1. The maximum atomic E-state index is 13.0. The second-order valence-electron chi connectivity index (χ2n) is 6.74. The van der Waals surface area contributed by atoms with Crippen molar-refractivity contribution in [2.75, 3.05) is 21.9 Å². The highest BCUT2D eigenvalue weighted by Crippen LogP contribution is 2.36. The van der Waals surface area contributed by atoms with E-state index in [0.717, 1.165) is 12.1 Å². The summed E-state index contributed by atoms with van der Waals surface area (Å²) in [5, 5.41) is 1.93. The summed E-state index contributed by atoms with van der Waals surface area (Å²) in [6, 6.07) is 7.61. The van der Waals surface area contributed by atoms with Crippen molar-refractivity contribution in [2.24, 2.45) is 0 Å². The lowest BCUT2D eigenvalue weighted by Crippen LogP contribution is -2.38. The molecule has 0 atom stereocenters. The van der Waals surface area contributed by atoms with Crippen molar-refractivity contribution in [3.63, 3.8) is 0 Å². The van der Waals surface area contributed by atoms with Gasteiger partial charge in [0.15, 0.2) is 0 Å². The Bertz CT molecular complexity index is 1060. The molecule has 1 amide bonds. The minimum atomic E-state index is -4.66. The number of amides is 1. The summed E-state index contributed by atoms with van der Waals surface area (Å²) in [5.41, 5.74) is 0.0811. The number of nitrogens with zero attached hydrogens (tertiary/aromatic N) is 1. The van der Waals surface area contributed by atoms with Crippen LogP contribution < -0.4 is 9.62 Å². The molecule has 0 aromatic heterocycles. The zero-order valence-electron chi connectivity index (χ0n) is 15.4. The van der Waals surface area contributed by atoms with Crippen LogP contribution in [-0.2, 0) is 16.2 Å². The Labute approximate surface area is 171 Å². The van der Waals surface area contributed by atoms with E-state index >= 15 is 0 Å². The largest absolute Gasteiger partial charge is 0.417 e. The van der Waals surface area contributed by atoms with E-state index in [-0.39, 0.29) is 17.0 Å². The molecule has 1 heterocycles. The van der Waals surface area contributed by atoms with Crippen LogP contribution in [0.2, 0.25) is 5.02 Å². The molecule has 1 aliphatic heterocycles. The van der Waals surface area contributed by atoms with Crippen LogP contribution in [0.4, 0.5) is 24.5 Å². The number of rotatable bonds is 3. The van der Waals surface area contributed by atoms with Crippen molar-refractivity contribution in [3.05, 3.63) is 58.1 Å². The molecule has 1 fully saturated rings. The number of benzene rings is 2. The molecule has 1 aliphatic rings. The fraction of sp³-hybridized carbons (Fsp3) is 0.316. The fourth-order valence-corrected chi connectivity index (χ4v) is 5.02. The van der Waals surface area contributed by atoms with Gasteiger partial charge in [-0.1, -0.05) is 17.7 Å². The second-order valence-corrected chi connectivity index (χ2v) is 9.16. The molecule has 1 saturated heterocycles. The minimum Gasteiger partial charge on any atom is -0.322 e. The maximum absolute atomic E-state index is 13.0. The minimum absolute atomic E-state index is 0.0356. The molecule has 3 rings (SSSR count). The Hall–Kier alpha value is -2.26. The number of carbonyl (C=O) groups is 1. The first-order chi connectivity index (χ1) is 13.5. The third kappa shape index (κ3) is 4.67. The van der Waals surface area contributed by atoms with Crippen LogP contribution in [0.5, 0.6) is 0 Å². The normalized spacial score (nSPS) is 16.5. The van der Waals surface area contributed by atoms with Gasteiger partial charge in [-0.05, 0) is 55.7 Å². The molecule has 0 bridgehead atoms. The predicted octanol–water partition coefficient (Wildman–Crippen LogP) is 4.85. The van der Waals surface area contributed by atoms with E-state index in [1.54, 1.807) is 13.0 Å². The van der Waals surface area contributed by atoms with Gasteiger partial charge in [0.25, 0.3) is 5.91 Å². The van der Waals surface area contributed by atoms with Gasteiger partial charge in [0.1, 0.15) is 0 Å². The molecule has 2 aromatic rings. The quantitative estimate of drug-likeness (QED) is 0.733. The SMILES string of the molecule is Cc1ccc(C(=O)Nc2ccc(Cl)c(C(F)(F)F)c2)cc1N1CCCCS1(=O)=O. The monoisotopic (exact) mass is 446 g/mol. The number of halogens is 4. The van der Waals surface area contributed by atoms with Crippen LogP contribution in [0.3, 0.4) is 0 Å². The van der Waals surface area contributed by atoms with Gasteiger partial charge < -0.3 is 5.32 Å². The average Bonchev–Trinajstić information content (AvgIpc) is 2.63. The standard InChI is InChI=1S/C19H18ClF3N2O3S/c1-12-4-5-13(10-17(12)25-8-2-3-9-29(25,27)28)18(26)24-14-6-7-16(20)15(11-14)19(21,22)23/h4-7,10-11H,2-3,8-9H2,1H3,(H,24,26). The number of anilines is 2. The topological polar surface area (TPSA) is 66.5 Å². The third-order valence-electron chi connectivity index (χ3n) is 4.62. The zero-order valence-corrected chi connectivity index (χ0v) is 17.0. The molecular formula is C19H18ClF3N2O3S. The third-order valence-corrected chi connectivity index (χ3v) is 6.80. The van der Waals surface area contributed by atoms with E-state index < -0.39 is 32.7 Å². The Kier molecular flexibility index (Phi) is 5.82. The van der Waals surface area contributed by atoms with Crippen LogP contribution >= 0.6 is 11.6 Å². The van der Waals surface area contributed by atoms with E-state index in [0.29, 0.717) is 30.6 Å². The maximum Gasteiger partial charge on any atom is 0.417 e. The van der Waals surface area contributed by atoms with Gasteiger partial charge in [0, 0.05) is 17.8 Å².